The van der Waals surface area contributed by atoms with Crippen LogP contribution < -0.4 is 0 Å². The van der Waals surface area contributed by atoms with Crippen LogP contribution in [-0.2, 0) is 14.3 Å². The lowest BCUT2D eigenvalue weighted by atomic mass is 10.2. The van der Waals surface area contributed by atoms with Gasteiger partial charge in [-0.2, -0.15) is 5.10 Å². The van der Waals surface area contributed by atoms with Crippen LogP contribution in [-0.4, -0.2) is 40.7 Å². The Morgan fingerprint density at radius 3 is 2.32 bits per heavy atom. The van der Waals surface area contributed by atoms with E-state index in [1.54, 1.807) is 38.1 Å². The maximum absolute atomic E-state index is 12.4. The van der Waals surface area contributed by atoms with Crippen LogP contribution >= 0.6 is 11.6 Å². The minimum atomic E-state index is -0.652. The van der Waals surface area contributed by atoms with Gasteiger partial charge in [-0.05, 0) is 38.1 Å². The van der Waals surface area contributed by atoms with Crippen molar-refractivity contribution < 1.29 is 23.9 Å². The number of carbonyl (C=O) groups is 3. The molecular weight excluding hydrogens is 348 g/mol. The summed E-state index contributed by atoms with van der Waals surface area (Å²) in [5.74, 6) is -1.81. The summed E-state index contributed by atoms with van der Waals surface area (Å²) in [6.45, 7) is 3.68. The first-order chi connectivity index (χ1) is 12.0. The van der Waals surface area contributed by atoms with Gasteiger partial charge in [0.25, 0.3) is 0 Å². The van der Waals surface area contributed by atoms with Crippen LogP contribution in [0.1, 0.15) is 41.2 Å². The van der Waals surface area contributed by atoms with Crippen molar-refractivity contribution in [2.24, 2.45) is 0 Å². The zero-order valence-corrected chi connectivity index (χ0v) is 14.6. The number of Topliss-reactive ketones (excluding diaryl/α,β-unsaturated/α-hetero) is 1. The monoisotopic (exact) mass is 364 g/mol. The van der Waals surface area contributed by atoms with Gasteiger partial charge in [0.1, 0.15) is 12.1 Å². The summed E-state index contributed by atoms with van der Waals surface area (Å²) in [4.78, 5) is 35.9. The molecule has 25 heavy (non-hydrogen) atoms. The molecule has 0 N–H and O–H groups in total. The Bertz CT molecular complexity index is 783. The highest BCUT2D eigenvalue weighted by molar-refractivity contribution is 6.30. The van der Waals surface area contributed by atoms with Crippen LogP contribution in [0.2, 0.25) is 5.02 Å². The third-order valence-corrected chi connectivity index (χ3v) is 3.41. The molecule has 0 unspecified atom stereocenters. The van der Waals surface area contributed by atoms with Crippen molar-refractivity contribution in [2.45, 2.75) is 20.3 Å². The van der Waals surface area contributed by atoms with E-state index < -0.39 is 24.1 Å². The molecule has 132 valence electrons. The molecule has 0 aliphatic rings. The molecule has 2 rings (SSSR count). The van der Waals surface area contributed by atoms with Crippen LogP contribution in [0.4, 0.5) is 0 Å². The Morgan fingerprint density at radius 2 is 1.72 bits per heavy atom. The fraction of sp³-hybridized carbons (Fsp3) is 0.294. The van der Waals surface area contributed by atoms with Gasteiger partial charge in [-0.15, -0.1) is 0 Å². The van der Waals surface area contributed by atoms with Crippen LogP contribution in [0.15, 0.2) is 30.3 Å². The second-order valence-electron chi connectivity index (χ2n) is 4.93. The Labute approximate surface area is 149 Å². The second kappa shape index (κ2) is 8.43. The van der Waals surface area contributed by atoms with Crippen LogP contribution in [0.25, 0.3) is 5.69 Å². The van der Waals surface area contributed by atoms with Crippen LogP contribution in [0, 0.1) is 0 Å². The van der Waals surface area contributed by atoms with E-state index in [9.17, 15) is 14.4 Å². The summed E-state index contributed by atoms with van der Waals surface area (Å²) in [5.41, 5.74) is 0.578. The molecule has 0 amide bonds. The molecule has 7 nitrogen and oxygen atoms in total. The molecule has 0 atom stereocenters. The molecule has 1 aromatic heterocycles. The summed E-state index contributed by atoms with van der Waals surface area (Å²) < 4.78 is 11.0. The van der Waals surface area contributed by atoms with Gasteiger partial charge in [0, 0.05) is 11.1 Å². The highest BCUT2D eigenvalue weighted by Crippen LogP contribution is 2.18. The van der Waals surface area contributed by atoms with Gasteiger partial charge in [0.05, 0.1) is 18.9 Å². The van der Waals surface area contributed by atoms with Crippen LogP contribution in [0.5, 0.6) is 0 Å². The van der Waals surface area contributed by atoms with Gasteiger partial charge in [0.15, 0.2) is 11.5 Å². The number of esters is 2. The molecule has 8 heteroatoms. The minimum Gasteiger partial charge on any atom is -0.466 e. The molecule has 1 aromatic carbocycles. The average Bonchev–Trinajstić information content (AvgIpc) is 3.01. The van der Waals surface area contributed by atoms with E-state index in [0.29, 0.717) is 10.7 Å². The van der Waals surface area contributed by atoms with Gasteiger partial charge >= 0.3 is 11.9 Å². The summed E-state index contributed by atoms with van der Waals surface area (Å²) in [5, 5.41) is 4.64. The number of hydrogen-bond acceptors (Lipinski definition) is 6. The number of rotatable bonds is 7. The normalized spacial score (nSPS) is 10.4. The molecule has 0 fully saturated rings. The largest absolute Gasteiger partial charge is 0.466 e. The molecule has 2 aromatic rings. The third kappa shape index (κ3) is 4.67. The van der Waals surface area contributed by atoms with E-state index >= 15 is 0 Å². The van der Waals surface area contributed by atoms with Gasteiger partial charge in [-0.3, -0.25) is 9.59 Å². The van der Waals surface area contributed by atoms with Crippen molar-refractivity contribution in [1.82, 2.24) is 9.78 Å². The maximum Gasteiger partial charge on any atom is 0.358 e. The molecule has 0 spiro atoms. The van der Waals surface area contributed by atoms with Crippen molar-refractivity contribution in [2.75, 3.05) is 13.2 Å². The topological polar surface area (TPSA) is 87.5 Å². The zero-order chi connectivity index (χ0) is 18.4. The van der Waals surface area contributed by atoms with Crippen molar-refractivity contribution in [3.63, 3.8) is 0 Å². The summed E-state index contributed by atoms with van der Waals surface area (Å²) >= 11 is 5.87. The fourth-order valence-corrected chi connectivity index (χ4v) is 2.22. The van der Waals surface area contributed by atoms with Crippen molar-refractivity contribution in [3.8, 4) is 5.69 Å². The third-order valence-electron chi connectivity index (χ3n) is 3.16. The number of benzene rings is 1. The Kier molecular flexibility index (Phi) is 6.30. The predicted molar refractivity (Wildman–Crippen MR) is 90.1 cm³/mol. The fourth-order valence-electron chi connectivity index (χ4n) is 2.10. The first-order valence-electron chi connectivity index (χ1n) is 7.68. The maximum atomic E-state index is 12.4. The molecule has 0 aliphatic heterocycles. The van der Waals surface area contributed by atoms with Crippen molar-refractivity contribution in [3.05, 3.63) is 46.7 Å². The number of nitrogens with zero attached hydrogens (tertiary/aromatic N) is 2. The van der Waals surface area contributed by atoms with Crippen LogP contribution in [0.3, 0.4) is 0 Å². The van der Waals surface area contributed by atoms with Gasteiger partial charge in [0.2, 0.25) is 0 Å². The van der Waals surface area contributed by atoms with E-state index in [0.717, 1.165) is 0 Å². The lowest BCUT2D eigenvalue weighted by Gasteiger charge is -2.06. The number of aromatic nitrogens is 2. The van der Waals surface area contributed by atoms with E-state index in [2.05, 4.69) is 5.10 Å². The minimum absolute atomic E-state index is 0.0241. The Balaban J connectivity index is 2.41. The van der Waals surface area contributed by atoms with E-state index in [1.165, 1.54) is 10.7 Å². The number of carbonyl (C=O) groups excluding carboxylic acids is 3. The number of ketones is 1. The number of ether oxygens (including phenoxy) is 2. The van der Waals surface area contributed by atoms with Gasteiger partial charge in [-0.1, -0.05) is 11.6 Å². The molecule has 0 aliphatic carbocycles. The SMILES string of the molecule is CCOC(=O)CC(=O)c1cc(C(=O)OCC)nn1-c1ccc(Cl)cc1. The van der Waals surface area contributed by atoms with E-state index in [1.807, 2.05) is 0 Å². The summed E-state index contributed by atoms with van der Waals surface area (Å²) in [6, 6.07) is 7.84. The lowest BCUT2D eigenvalue weighted by Crippen LogP contribution is -2.15. The molecule has 1 heterocycles. The standard InChI is InChI=1S/C17H17ClN2O5/c1-3-24-16(22)10-15(21)14-9-13(17(23)25-4-2)19-20(14)12-7-5-11(18)6-8-12/h5-9H,3-4,10H2,1-2H3. The van der Waals surface area contributed by atoms with E-state index in [-0.39, 0.29) is 24.6 Å². The van der Waals surface area contributed by atoms with E-state index in [4.69, 9.17) is 21.1 Å². The first kappa shape index (κ1) is 18.7. The lowest BCUT2D eigenvalue weighted by molar-refractivity contribution is -0.141. The molecule has 0 radical (unpaired) electrons. The Morgan fingerprint density at radius 1 is 1.08 bits per heavy atom. The number of hydrogen-bond donors (Lipinski definition) is 0. The zero-order valence-electron chi connectivity index (χ0n) is 13.8. The van der Waals surface area contributed by atoms with Gasteiger partial charge < -0.3 is 9.47 Å². The smallest absolute Gasteiger partial charge is 0.358 e. The average molecular weight is 365 g/mol. The summed E-state index contributed by atoms with van der Waals surface area (Å²) in [6.07, 6.45) is -0.449. The van der Waals surface area contributed by atoms with Crippen molar-refractivity contribution in [1.29, 1.82) is 0 Å². The quantitative estimate of drug-likeness (QED) is 0.426. The molecular formula is C17H17ClN2O5. The van der Waals surface area contributed by atoms with Gasteiger partial charge in [-0.25, -0.2) is 9.48 Å². The van der Waals surface area contributed by atoms with Crippen molar-refractivity contribution >= 4 is 29.3 Å². The first-order valence-corrected chi connectivity index (χ1v) is 8.06. The highest BCUT2D eigenvalue weighted by atomic mass is 35.5. The Hall–Kier alpha value is -2.67. The number of halogens is 1. The second-order valence-corrected chi connectivity index (χ2v) is 5.36. The molecule has 0 saturated carbocycles. The molecule has 0 bridgehead atoms. The molecule has 0 saturated heterocycles. The predicted octanol–water partition coefficient (Wildman–Crippen LogP) is 2.84. The summed E-state index contributed by atoms with van der Waals surface area (Å²) in [7, 11) is 0. The highest BCUT2D eigenvalue weighted by Gasteiger charge is 2.23.